The molecule has 1 N–H and O–H groups in total. The Hall–Kier alpha value is -2.60. The van der Waals surface area contributed by atoms with Crippen LogP contribution in [0.1, 0.15) is 22.3 Å². The lowest BCUT2D eigenvalue weighted by Gasteiger charge is -2.17. The van der Waals surface area contributed by atoms with E-state index in [0.717, 1.165) is 12.0 Å². The van der Waals surface area contributed by atoms with Gasteiger partial charge in [-0.2, -0.15) is 0 Å². The van der Waals surface area contributed by atoms with Crippen molar-refractivity contribution in [2.75, 3.05) is 19.6 Å². The van der Waals surface area contributed by atoms with E-state index in [1.54, 1.807) is 11.9 Å². The number of hydrogen-bond donors (Lipinski definition) is 1. The minimum atomic E-state index is -0.202. The highest BCUT2D eigenvalue weighted by atomic mass is 35.5. The summed E-state index contributed by atoms with van der Waals surface area (Å²) in [5.74, 6) is -0.381. The van der Waals surface area contributed by atoms with Crippen LogP contribution in [-0.2, 0) is 18.3 Å². The topological polar surface area (TPSA) is 71.4 Å². The zero-order valence-electron chi connectivity index (χ0n) is 15.2. The number of nitrogens with zero attached hydrogens (tertiary/aromatic N) is 2. The molecule has 1 atom stereocenters. The van der Waals surface area contributed by atoms with E-state index in [0.29, 0.717) is 36.6 Å². The molecular weight excluding hydrogens is 366 g/mol. The van der Waals surface area contributed by atoms with Crippen LogP contribution in [0.2, 0.25) is 5.02 Å². The largest absolute Gasteiger partial charge is 0.355 e. The molecule has 0 aliphatic carbocycles. The predicted molar refractivity (Wildman–Crippen MR) is 104 cm³/mol. The Labute approximate surface area is 162 Å². The maximum Gasteiger partial charge on any atom is 0.255 e. The van der Waals surface area contributed by atoms with Crippen molar-refractivity contribution in [2.45, 2.75) is 12.8 Å². The fraction of sp³-hybridized carbons (Fsp3) is 0.350. The Morgan fingerprint density at radius 3 is 2.63 bits per heavy atom. The summed E-state index contributed by atoms with van der Waals surface area (Å²) < 4.78 is 1.38. The molecule has 0 bridgehead atoms. The van der Waals surface area contributed by atoms with Gasteiger partial charge in [-0.25, -0.2) is 0 Å². The summed E-state index contributed by atoms with van der Waals surface area (Å²) >= 11 is 5.86. The number of nitrogens with one attached hydrogen (secondary N) is 1. The molecule has 2 heterocycles. The number of carbonyl (C=O) groups excluding carboxylic acids is 2. The Morgan fingerprint density at radius 2 is 1.93 bits per heavy atom. The van der Waals surface area contributed by atoms with E-state index in [4.69, 9.17) is 11.6 Å². The third kappa shape index (κ3) is 4.77. The van der Waals surface area contributed by atoms with Gasteiger partial charge < -0.3 is 14.8 Å². The third-order valence-corrected chi connectivity index (χ3v) is 5.06. The lowest BCUT2D eigenvalue weighted by Crippen LogP contribution is -2.35. The molecule has 0 spiro atoms. The smallest absolute Gasteiger partial charge is 0.255 e. The van der Waals surface area contributed by atoms with Crippen molar-refractivity contribution >= 4 is 23.4 Å². The molecule has 7 heteroatoms. The summed E-state index contributed by atoms with van der Waals surface area (Å²) in [7, 11) is 1.61. The van der Waals surface area contributed by atoms with Crippen LogP contribution in [0.25, 0.3) is 0 Å². The van der Waals surface area contributed by atoms with Crippen molar-refractivity contribution in [3.63, 3.8) is 0 Å². The van der Waals surface area contributed by atoms with Crippen molar-refractivity contribution in [3.05, 3.63) is 69.1 Å². The SMILES string of the molecule is Cn1cc(C(=O)N2CC[C@H](C(=O)NCCc3ccc(Cl)cc3)C2)ccc1=O. The number of aryl methyl sites for hydroxylation is 1. The van der Waals surface area contributed by atoms with Crippen LogP contribution < -0.4 is 10.9 Å². The molecule has 1 aromatic heterocycles. The number of amides is 2. The normalized spacial score (nSPS) is 16.4. The standard InChI is InChI=1S/C20H22ClN3O3/c1-23-12-16(4-7-18(23)25)20(27)24-11-9-15(13-24)19(26)22-10-8-14-2-5-17(21)6-3-14/h2-7,12,15H,8-11,13H2,1H3,(H,22,26)/t15-/m0/s1. The number of pyridine rings is 1. The Balaban J connectivity index is 1.50. The first-order valence-corrected chi connectivity index (χ1v) is 9.30. The lowest BCUT2D eigenvalue weighted by atomic mass is 10.1. The maximum absolute atomic E-state index is 12.6. The molecule has 2 amide bonds. The Bertz CT molecular complexity index is 892. The molecule has 2 aromatic rings. The highest BCUT2D eigenvalue weighted by Gasteiger charge is 2.31. The van der Waals surface area contributed by atoms with E-state index in [1.165, 1.54) is 22.9 Å². The summed E-state index contributed by atoms with van der Waals surface area (Å²) in [6, 6.07) is 10.5. The Kier molecular flexibility index (Phi) is 5.96. The number of hydrogen-bond acceptors (Lipinski definition) is 3. The van der Waals surface area contributed by atoms with Crippen LogP contribution in [-0.4, -0.2) is 40.9 Å². The van der Waals surface area contributed by atoms with Crippen LogP contribution in [0, 0.1) is 5.92 Å². The molecule has 27 heavy (non-hydrogen) atoms. The predicted octanol–water partition coefficient (Wildman–Crippen LogP) is 1.86. The highest BCUT2D eigenvalue weighted by molar-refractivity contribution is 6.30. The molecular formula is C20H22ClN3O3. The molecule has 142 valence electrons. The van der Waals surface area contributed by atoms with Crippen LogP contribution in [0.15, 0.2) is 47.4 Å². The number of likely N-dealkylation sites (tertiary alicyclic amines) is 1. The van der Waals surface area contributed by atoms with Crippen molar-refractivity contribution in [3.8, 4) is 0 Å². The van der Waals surface area contributed by atoms with Gasteiger partial charge in [-0.1, -0.05) is 23.7 Å². The van der Waals surface area contributed by atoms with Gasteiger partial charge in [0.05, 0.1) is 11.5 Å². The van der Waals surface area contributed by atoms with Gasteiger partial charge in [-0.3, -0.25) is 14.4 Å². The first-order valence-electron chi connectivity index (χ1n) is 8.92. The second-order valence-electron chi connectivity index (χ2n) is 6.77. The van der Waals surface area contributed by atoms with Gasteiger partial charge in [0.15, 0.2) is 0 Å². The van der Waals surface area contributed by atoms with Crippen molar-refractivity contribution in [2.24, 2.45) is 13.0 Å². The number of rotatable bonds is 5. The summed E-state index contributed by atoms with van der Waals surface area (Å²) in [6.07, 6.45) is 2.91. The van der Waals surface area contributed by atoms with E-state index in [1.807, 2.05) is 24.3 Å². The minimum Gasteiger partial charge on any atom is -0.355 e. The summed E-state index contributed by atoms with van der Waals surface area (Å²) in [4.78, 5) is 38.1. The van der Waals surface area contributed by atoms with E-state index in [-0.39, 0.29) is 23.3 Å². The van der Waals surface area contributed by atoms with Crippen molar-refractivity contribution < 1.29 is 9.59 Å². The fourth-order valence-electron chi connectivity index (χ4n) is 3.19. The number of benzene rings is 1. The summed E-state index contributed by atoms with van der Waals surface area (Å²) in [6.45, 7) is 1.48. The van der Waals surface area contributed by atoms with Gasteiger partial charge in [0.2, 0.25) is 11.5 Å². The molecule has 0 radical (unpaired) electrons. The average Bonchev–Trinajstić information content (AvgIpc) is 3.15. The highest BCUT2D eigenvalue weighted by Crippen LogP contribution is 2.19. The number of aromatic nitrogens is 1. The van der Waals surface area contributed by atoms with Crippen molar-refractivity contribution in [1.82, 2.24) is 14.8 Å². The maximum atomic E-state index is 12.6. The average molecular weight is 388 g/mol. The molecule has 3 rings (SSSR count). The van der Waals surface area contributed by atoms with Gasteiger partial charge in [-0.05, 0) is 36.6 Å². The second-order valence-corrected chi connectivity index (χ2v) is 7.21. The molecule has 6 nitrogen and oxygen atoms in total. The van der Waals surface area contributed by atoms with Crippen LogP contribution >= 0.6 is 11.6 Å². The zero-order chi connectivity index (χ0) is 19.4. The van der Waals surface area contributed by atoms with Gasteiger partial charge in [0.1, 0.15) is 0 Å². The van der Waals surface area contributed by atoms with Gasteiger partial charge in [0, 0.05) is 44.0 Å². The number of halogens is 1. The lowest BCUT2D eigenvalue weighted by molar-refractivity contribution is -0.124. The first kappa shape index (κ1) is 19.2. The molecule has 1 saturated heterocycles. The van der Waals surface area contributed by atoms with Crippen LogP contribution in [0.5, 0.6) is 0 Å². The van der Waals surface area contributed by atoms with Gasteiger partial charge in [-0.15, -0.1) is 0 Å². The van der Waals surface area contributed by atoms with Crippen LogP contribution in [0.4, 0.5) is 0 Å². The molecule has 0 saturated carbocycles. The fourth-order valence-corrected chi connectivity index (χ4v) is 3.31. The minimum absolute atomic E-state index is 0.0280. The molecule has 1 aliphatic heterocycles. The zero-order valence-corrected chi connectivity index (χ0v) is 15.9. The van der Waals surface area contributed by atoms with E-state index in [9.17, 15) is 14.4 Å². The van der Waals surface area contributed by atoms with E-state index in [2.05, 4.69) is 5.32 Å². The Morgan fingerprint density at radius 1 is 1.19 bits per heavy atom. The van der Waals surface area contributed by atoms with Crippen LogP contribution in [0.3, 0.4) is 0 Å². The van der Waals surface area contributed by atoms with Crippen molar-refractivity contribution in [1.29, 1.82) is 0 Å². The third-order valence-electron chi connectivity index (χ3n) is 4.81. The van der Waals surface area contributed by atoms with Gasteiger partial charge >= 0.3 is 0 Å². The molecule has 1 aromatic carbocycles. The first-order chi connectivity index (χ1) is 12.9. The monoisotopic (exact) mass is 387 g/mol. The van der Waals surface area contributed by atoms with E-state index < -0.39 is 0 Å². The molecule has 1 fully saturated rings. The quantitative estimate of drug-likeness (QED) is 0.851. The summed E-state index contributed by atoms with van der Waals surface area (Å²) in [5.41, 5.74) is 1.41. The molecule has 1 aliphatic rings. The van der Waals surface area contributed by atoms with Gasteiger partial charge in [0.25, 0.3) is 5.91 Å². The number of carbonyl (C=O) groups is 2. The second kappa shape index (κ2) is 8.39. The van der Waals surface area contributed by atoms with E-state index >= 15 is 0 Å². The molecule has 0 unspecified atom stereocenters. The summed E-state index contributed by atoms with van der Waals surface area (Å²) in [5, 5.41) is 3.64.